The lowest BCUT2D eigenvalue weighted by molar-refractivity contribution is -0.577. The van der Waals surface area contributed by atoms with E-state index in [2.05, 4.69) is 5.10 Å². The van der Waals surface area contributed by atoms with E-state index in [0.717, 1.165) is 28.0 Å². The third-order valence-corrected chi connectivity index (χ3v) is 6.37. The molecule has 2 aromatic heterocycles. The van der Waals surface area contributed by atoms with Gasteiger partial charge in [0.2, 0.25) is 0 Å². The number of hydrogen-bond acceptors (Lipinski definition) is 4. The van der Waals surface area contributed by atoms with Gasteiger partial charge in [-0.15, -0.1) is 0 Å². The summed E-state index contributed by atoms with van der Waals surface area (Å²) in [7, 11) is 0. The molecule has 0 unspecified atom stereocenters. The first-order chi connectivity index (χ1) is 17.8. The number of carbonyl (C=O) groups is 2. The van der Waals surface area contributed by atoms with Crippen LogP contribution in [0.1, 0.15) is 41.3 Å². The molecule has 4 aromatic rings. The fraction of sp³-hybridized carbons (Fsp3) is 0.200. The molecule has 3 heterocycles. The van der Waals surface area contributed by atoms with E-state index in [1.54, 1.807) is 41.2 Å². The Labute approximate surface area is 215 Å². The van der Waals surface area contributed by atoms with Crippen molar-refractivity contribution in [1.29, 1.82) is 0 Å². The fourth-order valence-electron chi connectivity index (χ4n) is 4.88. The lowest BCUT2D eigenvalue weighted by atomic mass is 10.0. The first-order valence-electron chi connectivity index (χ1n) is 12.3. The number of rotatable bonds is 6. The van der Waals surface area contributed by atoms with E-state index in [0.29, 0.717) is 23.5 Å². The average molecular weight is 493 g/mol. The van der Waals surface area contributed by atoms with Crippen LogP contribution in [0.2, 0.25) is 0 Å². The minimum Gasteiger partial charge on any atom is -0.858 e. The zero-order chi connectivity index (χ0) is 26.3. The molecule has 1 aliphatic rings. The van der Waals surface area contributed by atoms with Gasteiger partial charge in [-0.2, -0.15) is 9.67 Å². The molecule has 186 valence electrons. The third-order valence-electron chi connectivity index (χ3n) is 6.37. The van der Waals surface area contributed by atoms with E-state index in [1.165, 1.54) is 4.68 Å². The Hall–Kier alpha value is -4.52. The molecule has 0 N–H and O–H groups in total. The number of imide groups is 1. The fourth-order valence-corrected chi connectivity index (χ4v) is 4.88. The second-order valence-electron chi connectivity index (χ2n) is 9.43. The number of aryl methyl sites for hydroxylation is 4. The molecule has 0 saturated carbocycles. The Morgan fingerprint density at radius 3 is 2.16 bits per heavy atom. The largest absolute Gasteiger partial charge is 0.858 e. The van der Waals surface area contributed by atoms with Crippen molar-refractivity contribution in [3.63, 3.8) is 0 Å². The molecule has 1 aliphatic heterocycles. The van der Waals surface area contributed by atoms with Crippen molar-refractivity contribution in [2.24, 2.45) is 0 Å². The standard InChI is InChI=1S/C30H28N4O3/c1-5-10-24-25(29(36)34(31-24)22-12-7-6-8-13-22)26-27(32-17-20(3)15-21(4)18-32)30(37)33(28(26)35)23-14-9-11-19(2)16-23/h6-9,11-18H,5,10H2,1-4H3. The Kier molecular flexibility index (Phi) is 6.21. The smallest absolute Gasteiger partial charge is 0.331 e. The molecule has 7 heteroatoms. The monoisotopic (exact) mass is 492 g/mol. The van der Waals surface area contributed by atoms with E-state index < -0.39 is 17.7 Å². The summed E-state index contributed by atoms with van der Waals surface area (Å²) in [5, 5.41) is 18.5. The van der Waals surface area contributed by atoms with Gasteiger partial charge in [0.05, 0.1) is 17.1 Å². The van der Waals surface area contributed by atoms with Gasteiger partial charge in [0.25, 0.3) is 11.6 Å². The summed E-state index contributed by atoms with van der Waals surface area (Å²) in [4.78, 5) is 29.2. The molecule has 0 aliphatic carbocycles. The number of carbonyl (C=O) groups excluding carboxylic acids is 2. The van der Waals surface area contributed by atoms with Crippen LogP contribution in [-0.2, 0) is 16.0 Å². The lowest BCUT2D eigenvalue weighted by Gasteiger charge is -2.16. The minimum atomic E-state index is -0.528. The highest BCUT2D eigenvalue weighted by molar-refractivity contribution is 6.53. The van der Waals surface area contributed by atoms with Crippen LogP contribution in [0, 0.1) is 20.8 Å². The summed E-state index contributed by atoms with van der Waals surface area (Å²) in [6.07, 6.45) is 4.82. The molecule has 2 amide bonds. The van der Waals surface area contributed by atoms with Crippen molar-refractivity contribution in [3.05, 3.63) is 101 Å². The van der Waals surface area contributed by atoms with Gasteiger partial charge in [-0.25, -0.2) is 9.58 Å². The van der Waals surface area contributed by atoms with Crippen molar-refractivity contribution in [3.8, 4) is 11.6 Å². The second-order valence-corrected chi connectivity index (χ2v) is 9.43. The van der Waals surface area contributed by atoms with Crippen LogP contribution in [0.4, 0.5) is 5.69 Å². The van der Waals surface area contributed by atoms with Crippen LogP contribution in [-0.4, -0.2) is 21.6 Å². The zero-order valence-electron chi connectivity index (χ0n) is 21.4. The summed E-state index contributed by atoms with van der Waals surface area (Å²) in [6, 6.07) is 18.3. The summed E-state index contributed by atoms with van der Waals surface area (Å²) in [6.45, 7) is 7.75. The molecular weight excluding hydrogens is 464 g/mol. The highest BCUT2D eigenvalue weighted by atomic mass is 16.3. The number of nitrogens with zero attached hydrogens (tertiary/aromatic N) is 4. The molecule has 0 atom stereocenters. The molecule has 37 heavy (non-hydrogen) atoms. The number of benzene rings is 2. The van der Waals surface area contributed by atoms with Crippen LogP contribution < -0.4 is 14.6 Å². The molecule has 2 aromatic carbocycles. The molecule has 0 spiro atoms. The van der Waals surface area contributed by atoms with E-state index in [-0.39, 0.29) is 16.8 Å². The van der Waals surface area contributed by atoms with Gasteiger partial charge in [0, 0.05) is 16.7 Å². The topological polar surface area (TPSA) is 82.1 Å². The Bertz CT molecular complexity index is 1550. The van der Waals surface area contributed by atoms with Gasteiger partial charge in [-0.3, -0.25) is 9.59 Å². The summed E-state index contributed by atoms with van der Waals surface area (Å²) in [5.74, 6) is -1.42. The highest BCUT2D eigenvalue weighted by Crippen LogP contribution is 2.39. The van der Waals surface area contributed by atoms with Crippen molar-refractivity contribution in [2.45, 2.75) is 40.5 Å². The van der Waals surface area contributed by atoms with E-state index in [1.807, 2.05) is 64.1 Å². The molecule has 7 nitrogen and oxygen atoms in total. The number of hydrogen-bond donors (Lipinski definition) is 0. The molecular formula is C30H28N4O3. The van der Waals surface area contributed by atoms with Crippen LogP contribution >= 0.6 is 0 Å². The maximum atomic E-state index is 14.1. The molecule has 0 radical (unpaired) electrons. The van der Waals surface area contributed by atoms with Crippen LogP contribution in [0.3, 0.4) is 0 Å². The minimum absolute atomic E-state index is 0.0807. The van der Waals surface area contributed by atoms with Gasteiger partial charge in [-0.05, 0) is 69.0 Å². The normalized spacial score (nSPS) is 13.7. The first-order valence-corrected chi connectivity index (χ1v) is 12.3. The number of anilines is 1. The predicted molar refractivity (Wildman–Crippen MR) is 140 cm³/mol. The maximum Gasteiger partial charge on any atom is 0.331 e. The Balaban J connectivity index is 1.81. The molecule has 0 saturated heterocycles. The molecule has 5 rings (SSSR count). The highest BCUT2D eigenvalue weighted by Gasteiger charge is 2.47. The van der Waals surface area contributed by atoms with Gasteiger partial charge in [0.1, 0.15) is 5.57 Å². The summed E-state index contributed by atoms with van der Waals surface area (Å²) < 4.78 is 3.00. The Morgan fingerprint density at radius 2 is 1.51 bits per heavy atom. The van der Waals surface area contributed by atoms with Crippen LogP contribution in [0.15, 0.2) is 73.1 Å². The number of para-hydroxylation sites is 1. The van der Waals surface area contributed by atoms with Gasteiger partial charge >= 0.3 is 5.91 Å². The van der Waals surface area contributed by atoms with Crippen LogP contribution in [0.5, 0.6) is 5.88 Å². The summed E-state index contributed by atoms with van der Waals surface area (Å²) >= 11 is 0. The zero-order valence-corrected chi connectivity index (χ0v) is 21.4. The Morgan fingerprint density at radius 1 is 0.838 bits per heavy atom. The van der Waals surface area contributed by atoms with Gasteiger partial charge in [-0.1, -0.05) is 43.7 Å². The number of aromatic nitrogens is 3. The van der Waals surface area contributed by atoms with E-state index in [4.69, 9.17) is 0 Å². The molecule has 0 fully saturated rings. The van der Waals surface area contributed by atoms with E-state index >= 15 is 0 Å². The maximum absolute atomic E-state index is 14.1. The second kappa shape index (κ2) is 9.50. The average Bonchev–Trinajstić information content (AvgIpc) is 3.31. The van der Waals surface area contributed by atoms with Gasteiger partial charge < -0.3 is 5.11 Å². The van der Waals surface area contributed by atoms with Crippen molar-refractivity contribution >= 4 is 28.8 Å². The van der Waals surface area contributed by atoms with Crippen molar-refractivity contribution < 1.29 is 19.3 Å². The quantitative estimate of drug-likeness (QED) is 0.300. The van der Waals surface area contributed by atoms with E-state index in [9.17, 15) is 14.7 Å². The predicted octanol–water partition coefficient (Wildman–Crippen LogP) is 4.05. The van der Waals surface area contributed by atoms with Crippen molar-refractivity contribution in [2.75, 3.05) is 4.90 Å². The lowest BCUT2D eigenvalue weighted by Crippen LogP contribution is -2.40. The first kappa shape index (κ1) is 24.2. The molecule has 0 bridgehead atoms. The summed E-state index contributed by atoms with van der Waals surface area (Å²) in [5.41, 5.74) is 4.76. The third kappa shape index (κ3) is 4.22. The van der Waals surface area contributed by atoms with Gasteiger partial charge in [0.15, 0.2) is 12.4 Å². The SMILES string of the molecule is CCCc1nn(-c2ccccc2)c([O-])c1C1=C([n+]2cc(C)cc(C)c2)C(=O)N(c2cccc(C)c2)C1=O. The van der Waals surface area contributed by atoms with Crippen molar-refractivity contribution in [1.82, 2.24) is 9.78 Å². The number of amides is 2. The number of pyridine rings is 1. The van der Waals surface area contributed by atoms with Crippen LogP contribution in [0.25, 0.3) is 17.0 Å².